The van der Waals surface area contributed by atoms with Gasteiger partial charge in [0.15, 0.2) is 0 Å². The van der Waals surface area contributed by atoms with Crippen LogP contribution in [0.5, 0.6) is 0 Å². The summed E-state index contributed by atoms with van der Waals surface area (Å²) in [6, 6.07) is 14.7. The molecule has 1 saturated heterocycles. The van der Waals surface area contributed by atoms with E-state index in [0.717, 1.165) is 29.4 Å². The highest BCUT2D eigenvalue weighted by atomic mass is 79.9. The fraction of sp³-hybridized carbons (Fsp3) is 0.261. The van der Waals surface area contributed by atoms with Crippen LogP contribution in [0.3, 0.4) is 0 Å². The second kappa shape index (κ2) is 8.92. The van der Waals surface area contributed by atoms with Crippen LogP contribution in [-0.4, -0.2) is 27.6 Å². The standard InChI is InChI=1S/C23H21BrFN3O2/c24-17-9-7-16(8-10-17)21-5-2-12-28(21)23-26-14-19(22(29)30)20(27-23)11-6-15-3-1-4-18(25)13-15/h1,3-4,7-10,13-14,21H,2,5-6,11-12H2,(H,29,30). The Kier molecular flexibility index (Phi) is 6.08. The van der Waals surface area contributed by atoms with Gasteiger partial charge in [0.2, 0.25) is 5.95 Å². The quantitative estimate of drug-likeness (QED) is 0.536. The summed E-state index contributed by atoms with van der Waals surface area (Å²) >= 11 is 3.47. The molecule has 0 radical (unpaired) electrons. The molecule has 154 valence electrons. The molecule has 30 heavy (non-hydrogen) atoms. The molecule has 0 saturated carbocycles. The van der Waals surface area contributed by atoms with Crippen LogP contribution in [0.4, 0.5) is 10.3 Å². The van der Waals surface area contributed by atoms with Crippen molar-refractivity contribution < 1.29 is 14.3 Å². The summed E-state index contributed by atoms with van der Waals surface area (Å²) in [5.74, 6) is -0.815. The molecule has 0 amide bonds. The number of aryl methyl sites for hydroxylation is 2. The molecule has 3 aromatic rings. The average molecular weight is 470 g/mol. The fourth-order valence-corrected chi connectivity index (χ4v) is 4.17. The lowest BCUT2D eigenvalue weighted by Gasteiger charge is -2.25. The van der Waals surface area contributed by atoms with Crippen molar-refractivity contribution in [2.45, 2.75) is 31.7 Å². The number of carbonyl (C=O) groups is 1. The Hall–Kier alpha value is -2.80. The molecule has 0 spiro atoms. The van der Waals surface area contributed by atoms with Crippen LogP contribution in [0.1, 0.15) is 46.1 Å². The first-order valence-corrected chi connectivity index (χ1v) is 10.7. The minimum Gasteiger partial charge on any atom is -0.478 e. The first-order chi connectivity index (χ1) is 14.5. The number of aromatic carboxylic acids is 1. The largest absolute Gasteiger partial charge is 0.478 e. The van der Waals surface area contributed by atoms with Crippen molar-refractivity contribution in [2.24, 2.45) is 0 Å². The zero-order valence-electron chi connectivity index (χ0n) is 16.3. The molecule has 1 aromatic heterocycles. The van der Waals surface area contributed by atoms with Crippen molar-refractivity contribution in [3.8, 4) is 0 Å². The third-order valence-electron chi connectivity index (χ3n) is 5.39. The number of hydrogen-bond donors (Lipinski definition) is 1. The highest BCUT2D eigenvalue weighted by molar-refractivity contribution is 9.10. The summed E-state index contributed by atoms with van der Waals surface area (Å²) < 4.78 is 14.5. The zero-order valence-corrected chi connectivity index (χ0v) is 17.8. The van der Waals surface area contributed by atoms with Gasteiger partial charge in [0.1, 0.15) is 5.82 Å². The van der Waals surface area contributed by atoms with E-state index in [2.05, 4.69) is 42.9 Å². The lowest BCUT2D eigenvalue weighted by Crippen LogP contribution is -2.25. The van der Waals surface area contributed by atoms with E-state index < -0.39 is 5.97 Å². The van der Waals surface area contributed by atoms with Gasteiger partial charge in [-0.3, -0.25) is 0 Å². The Labute approximate surface area is 182 Å². The summed E-state index contributed by atoms with van der Waals surface area (Å²) in [7, 11) is 0. The molecule has 1 unspecified atom stereocenters. The maximum Gasteiger partial charge on any atom is 0.339 e. The maximum absolute atomic E-state index is 13.5. The molecule has 7 heteroatoms. The van der Waals surface area contributed by atoms with Crippen molar-refractivity contribution in [1.29, 1.82) is 0 Å². The van der Waals surface area contributed by atoms with E-state index in [1.165, 1.54) is 23.9 Å². The second-order valence-electron chi connectivity index (χ2n) is 7.37. The van der Waals surface area contributed by atoms with E-state index in [0.29, 0.717) is 24.5 Å². The van der Waals surface area contributed by atoms with Gasteiger partial charge in [0.25, 0.3) is 0 Å². The van der Waals surface area contributed by atoms with Crippen molar-refractivity contribution in [3.05, 3.63) is 87.4 Å². The van der Waals surface area contributed by atoms with Crippen LogP contribution in [0.2, 0.25) is 0 Å². The van der Waals surface area contributed by atoms with E-state index in [-0.39, 0.29) is 17.4 Å². The lowest BCUT2D eigenvalue weighted by atomic mass is 10.0. The van der Waals surface area contributed by atoms with Crippen LogP contribution in [0, 0.1) is 5.82 Å². The summed E-state index contributed by atoms with van der Waals surface area (Å²) in [5.41, 5.74) is 2.55. The van der Waals surface area contributed by atoms with E-state index in [9.17, 15) is 14.3 Å². The topological polar surface area (TPSA) is 66.3 Å². The van der Waals surface area contributed by atoms with Crippen LogP contribution in [0.15, 0.2) is 59.2 Å². The van der Waals surface area contributed by atoms with Gasteiger partial charge in [-0.05, 0) is 61.1 Å². The number of nitrogens with zero attached hydrogens (tertiary/aromatic N) is 3. The molecule has 1 atom stereocenters. The van der Waals surface area contributed by atoms with Crippen LogP contribution < -0.4 is 4.90 Å². The number of aromatic nitrogens is 2. The third-order valence-corrected chi connectivity index (χ3v) is 5.92. The van der Waals surface area contributed by atoms with E-state index in [4.69, 9.17) is 0 Å². The minimum absolute atomic E-state index is 0.0922. The molecule has 5 nitrogen and oxygen atoms in total. The molecule has 1 N–H and O–H groups in total. The molecule has 1 aliphatic rings. The van der Waals surface area contributed by atoms with Gasteiger partial charge < -0.3 is 10.0 Å². The second-order valence-corrected chi connectivity index (χ2v) is 8.28. The molecule has 4 rings (SSSR count). The molecule has 2 heterocycles. The van der Waals surface area contributed by atoms with Gasteiger partial charge in [-0.1, -0.05) is 40.2 Å². The van der Waals surface area contributed by atoms with Gasteiger partial charge in [0.05, 0.1) is 17.3 Å². The summed E-state index contributed by atoms with van der Waals surface area (Å²) in [6.07, 6.45) is 4.30. The Balaban J connectivity index is 1.61. The molecule has 1 fully saturated rings. The number of carboxylic acid groups (broad SMARTS) is 1. The number of halogens is 2. The van der Waals surface area contributed by atoms with E-state index in [1.807, 2.05) is 18.2 Å². The predicted molar refractivity (Wildman–Crippen MR) is 116 cm³/mol. The van der Waals surface area contributed by atoms with Crippen molar-refractivity contribution in [3.63, 3.8) is 0 Å². The van der Waals surface area contributed by atoms with Crippen LogP contribution >= 0.6 is 15.9 Å². The monoisotopic (exact) mass is 469 g/mol. The number of rotatable bonds is 6. The molecule has 1 aliphatic heterocycles. The predicted octanol–water partition coefficient (Wildman–Crippen LogP) is 5.20. The van der Waals surface area contributed by atoms with Gasteiger partial charge in [-0.2, -0.15) is 0 Å². The maximum atomic E-state index is 13.5. The lowest BCUT2D eigenvalue weighted by molar-refractivity contribution is 0.0694. The number of benzene rings is 2. The first kappa shape index (κ1) is 20.5. The van der Waals surface area contributed by atoms with Gasteiger partial charge >= 0.3 is 5.97 Å². The summed E-state index contributed by atoms with van der Waals surface area (Å²) in [6.45, 7) is 0.816. The van der Waals surface area contributed by atoms with Gasteiger partial charge in [0, 0.05) is 17.2 Å². The smallest absolute Gasteiger partial charge is 0.339 e. The van der Waals surface area contributed by atoms with Gasteiger partial charge in [-0.15, -0.1) is 0 Å². The molecule has 0 aliphatic carbocycles. The number of hydrogen-bond acceptors (Lipinski definition) is 4. The highest BCUT2D eigenvalue weighted by Crippen LogP contribution is 2.35. The van der Waals surface area contributed by atoms with Gasteiger partial charge in [-0.25, -0.2) is 19.2 Å². The summed E-state index contributed by atoms with van der Waals surface area (Å²) in [5, 5.41) is 9.56. The Morgan fingerprint density at radius 2 is 2.00 bits per heavy atom. The zero-order chi connectivity index (χ0) is 21.1. The summed E-state index contributed by atoms with van der Waals surface area (Å²) in [4.78, 5) is 22.8. The fourth-order valence-electron chi connectivity index (χ4n) is 3.91. The number of carboxylic acids is 1. The van der Waals surface area contributed by atoms with Crippen molar-refractivity contribution in [2.75, 3.05) is 11.4 Å². The van der Waals surface area contributed by atoms with E-state index in [1.54, 1.807) is 6.07 Å². The SMILES string of the molecule is O=C(O)c1cnc(N2CCCC2c2ccc(Br)cc2)nc1CCc1cccc(F)c1. The molecular formula is C23H21BrFN3O2. The first-order valence-electron chi connectivity index (χ1n) is 9.87. The Bertz CT molecular complexity index is 1060. The molecular weight excluding hydrogens is 449 g/mol. The minimum atomic E-state index is -1.05. The Morgan fingerprint density at radius 3 is 2.73 bits per heavy atom. The van der Waals surface area contributed by atoms with Crippen molar-refractivity contribution in [1.82, 2.24) is 9.97 Å². The highest BCUT2D eigenvalue weighted by Gasteiger charge is 2.29. The van der Waals surface area contributed by atoms with E-state index >= 15 is 0 Å². The van der Waals surface area contributed by atoms with Crippen LogP contribution in [-0.2, 0) is 12.8 Å². The normalized spacial score (nSPS) is 16.1. The third kappa shape index (κ3) is 4.51. The molecule has 2 aromatic carbocycles. The Morgan fingerprint density at radius 1 is 1.20 bits per heavy atom. The number of anilines is 1. The van der Waals surface area contributed by atoms with Crippen LogP contribution in [0.25, 0.3) is 0 Å². The van der Waals surface area contributed by atoms with Crippen molar-refractivity contribution >= 4 is 27.8 Å². The average Bonchev–Trinajstić information content (AvgIpc) is 3.22. The molecule has 0 bridgehead atoms.